The molecule has 0 saturated carbocycles. The van der Waals surface area contributed by atoms with E-state index in [0.29, 0.717) is 0 Å². The number of nitrogens with zero attached hydrogens (tertiary/aromatic N) is 1. The van der Waals surface area contributed by atoms with E-state index in [9.17, 15) is 0 Å². The monoisotopic (exact) mass is 252 g/mol. The third-order valence-corrected chi connectivity index (χ3v) is 3.16. The Morgan fingerprint density at radius 2 is 2.00 bits per heavy atom. The minimum atomic E-state index is 0. The number of rotatable bonds is 0. The molecule has 2 aromatic rings. The lowest BCUT2D eigenvalue weighted by molar-refractivity contribution is 0.562. The molecule has 0 spiro atoms. The summed E-state index contributed by atoms with van der Waals surface area (Å²) in [5, 5.41) is 1.20. The Morgan fingerprint density at radius 3 is 2.82 bits per heavy atom. The van der Waals surface area contributed by atoms with Crippen LogP contribution in [-0.2, 0) is 6.42 Å². The van der Waals surface area contributed by atoms with Gasteiger partial charge in [-0.15, -0.1) is 12.4 Å². The minimum Gasteiger partial charge on any atom is -0.412 e. The van der Waals surface area contributed by atoms with Crippen LogP contribution in [0.3, 0.4) is 0 Å². The zero-order valence-corrected chi connectivity index (χ0v) is 10.3. The van der Waals surface area contributed by atoms with E-state index >= 15 is 0 Å². The minimum absolute atomic E-state index is 0. The number of benzene rings is 1. The molecule has 0 saturated heterocycles. The lowest BCUT2D eigenvalue weighted by Gasteiger charge is -2.21. The molecule has 3 rings (SSSR count). The summed E-state index contributed by atoms with van der Waals surface area (Å²) >= 11 is 0. The van der Waals surface area contributed by atoms with Crippen LogP contribution in [0.1, 0.15) is 30.1 Å². The molecule has 1 aliphatic rings. The highest BCUT2D eigenvalue weighted by molar-refractivity contribution is 5.85. The van der Waals surface area contributed by atoms with Crippen LogP contribution in [0.2, 0.25) is 0 Å². The van der Waals surface area contributed by atoms with E-state index < -0.39 is 0 Å². The molecule has 1 heterocycles. The Bertz CT molecular complexity index is 516. The second-order valence-electron chi connectivity index (χ2n) is 4.22. The normalized spacial score (nSPS) is 17.8. The van der Waals surface area contributed by atoms with Crippen LogP contribution in [0, 0.1) is 0 Å². The van der Waals surface area contributed by atoms with Gasteiger partial charge in [-0.25, -0.2) is 0 Å². The van der Waals surface area contributed by atoms with Gasteiger partial charge in [0.25, 0.3) is 0 Å². The first kappa shape index (κ1) is 13.9. The summed E-state index contributed by atoms with van der Waals surface area (Å²) in [5.41, 5.74) is 9.64. The molecular weight excluding hydrogens is 236 g/mol. The zero-order valence-electron chi connectivity index (χ0n) is 9.52. The van der Waals surface area contributed by atoms with Gasteiger partial charge in [-0.05, 0) is 37.0 Å². The highest BCUT2D eigenvalue weighted by Crippen LogP contribution is 2.29. The number of fused-ring (bicyclic) bond motifs is 2. The van der Waals surface area contributed by atoms with Crippen LogP contribution >= 0.6 is 12.4 Å². The maximum absolute atomic E-state index is 6.10. The van der Waals surface area contributed by atoms with Gasteiger partial charge >= 0.3 is 0 Å². The van der Waals surface area contributed by atoms with Gasteiger partial charge in [0.15, 0.2) is 0 Å². The zero-order chi connectivity index (χ0) is 10.3. The van der Waals surface area contributed by atoms with Gasteiger partial charge in [-0.1, -0.05) is 18.2 Å². The molecule has 4 N–H and O–H groups in total. The Hall–Kier alpha value is -1.16. The number of nitrogens with two attached hydrogens (primary N) is 1. The molecule has 0 fully saturated rings. The van der Waals surface area contributed by atoms with Crippen molar-refractivity contribution < 1.29 is 5.48 Å². The van der Waals surface area contributed by atoms with Gasteiger partial charge in [-0.3, -0.25) is 4.98 Å². The number of aromatic nitrogens is 1. The van der Waals surface area contributed by atoms with Crippen molar-refractivity contribution in [1.29, 1.82) is 0 Å². The summed E-state index contributed by atoms with van der Waals surface area (Å²) in [5.74, 6) is 0. The summed E-state index contributed by atoms with van der Waals surface area (Å²) in [4.78, 5) is 4.69. The van der Waals surface area contributed by atoms with E-state index in [1.165, 1.54) is 23.1 Å². The van der Waals surface area contributed by atoms with Crippen LogP contribution in [0.4, 0.5) is 0 Å². The van der Waals surface area contributed by atoms with E-state index in [4.69, 9.17) is 5.73 Å². The number of para-hydroxylation sites is 1. The number of pyridine rings is 1. The molecule has 1 aromatic heterocycles. The molecule has 3 nitrogen and oxygen atoms in total. The van der Waals surface area contributed by atoms with Crippen molar-refractivity contribution in [1.82, 2.24) is 4.98 Å². The third-order valence-electron chi connectivity index (χ3n) is 3.16. The van der Waals surface area contributed by atoms with Crippen LogP contribution < -0.4 is 5.73 Å². The first-order chi connectivity index (χ1) is 7.34. The summed E-state index contributed by atoms with van der Waals surface area (Å²) in [6, 6.07) is 10.6. The van der Waals surface area contributed by atoms with E-state index in [0.717, 1.165) is 18.4 Å². The average Bonchev–Trinajstić information content (AvgIpc) is 2.27. The fourth-order valence-corrected chi connectivity index (χ4v) is 2.34. The molecule has 1 unspecified atom stereocenters. The topological polar surface area (TPSA) is 70.4 Å². The Kier molecular flexibility index (Phi) is 4.46. The van der Waals surface area contributed by atoms with Crippen molar-refractivity contribution >= 4 is 23.3 Å². The summed E-state index contributed by atoms with van der Waals surface area (Å²) in [7, 11) is 0. The molecule has 0 radical (unpaired) electrons. The molecule has 4 heteroatoms. The second-order valence-corrected chi connectivity index (χ2v) is 4.22. The molecule has 0 bridgehead atoms. The van der Waals surface area contributed by atoms with Crippen molar-refractivity contribution in [2.24, 2.45) is 5.73 Å². The molecule has 1 aromatic carbocycles. The van der Waals surface area contributed by atoms with E-state index in [1.807, 2.05) is 12.1 Å². The largest absolute Gasteiger partial charge is 0.412 e. The van der Waals surface area contributed by atoms with Gasteiger partial charge < -0.3 is 11.2 Å². The fraction of sp³-hybridized carbons (Fsp3) is 0.308. The number of hydrogen-bond donors (Lipinski definition) is 1. The van der Waals surface area contributed by atoms with Crippen LogP contribution in [-0.4, -0.2) is 10.5 Å². The Labute approximate surface area is 107 Å². The SMILES string of the molecule is Cl.NC1CCCc2nc3ccccc3cc21.O. The highest BCUT2D eigenvalue weighted by Gasteiger charge is 2.18. The molecule has 92 valence electrons. The lowest BCUT2D eigenvalue weighted by atomic mass is 9.91. The first-order valence-corrected chi connectivity index (χ1v) is 5.49. The van der Waals surface area contributed by atoms with Gasteiger partial charge in [0.2, 0.25) is 0 Å². The quantitative estimate of drug-likeness (QED) is 0.781. The Morgan fingerprint density at radius 1 is 1.24 bits per heavy atom. The van der Waals surface area contributed by atoms with E-state index in [1.54, 1.807) is 0 Å². The second kappa shape index (κ2) is 5.45. The predicted molar refractivity (Wildman–Crippen MR) is 72.5 cm³/mol. The molecule has 0 aliphatic heterocycles. The van der Waals surface area contributed by atoms with Gasteiger partial charge in [0.1, 0.15) is 0 Å². The van der Waals surface area contributed by atoms with E-state index in [-0.39, 0.29) is 23.9 Å². The molecule has 1 atom stereocenters. The number of halogens is 1. The van der Waals surface area contributed by atoms with Gasteiger partial charge in [-0.2, -0.15) is 0 Å². The molecule has 0 amide bonds. The molecule has 1 aliphatic carbocycles. The predicted octanol–water partition coefficient (Wildman–Crippen LogP) is 2.17. The smallest absolute Gasteiger partial charge is 0.0705 e. The fourth-order valence-electron chi connectivity index (χ4n) is 2.34. The lowest BCUT2D eigenvalue weighted by Crippen LogP contribution is -2.18. The van der Waals surface area contributed by atoms with Crippen molar-refractivity contribution in [2.45, 2.75) is 25.3 Å². The maximum Gasteiger partial charge on any atom is 0.0705 e. The van der Waals surface area contributed by atoms with Crippen molar-refractivity contribution in [3.63, 3.8) is 0 Å². The number of aryl methyl sites for hydroxylation is 1. The molecule has 17 heavy (non-hydrogen) atoms. The van der Waals surface area contributed by atoms with Crippen molar-refractivity contribution in [3.05, 3.63) is 41.6 Å². The summed E-state index contributed by atoms with van der Waals surface area (Å²) in [6.07, 6.45) is 3.33. The highest BCUT2D eigenvalue weighted by atomic mass is 35.5. The molecular formula is C13H17ClN2O. The van der Waals surface area contributed by atoms with Crippen molar-refractivity contribution in [2.75, 3.05) is 0 Å². The van der Waals surface area contributed by atoms with Crippen LogP contribution in [0.15, 0.2) is 30.3 Å². The average molecular weight is 253 g/mol. The Balaban J connectivity index is 0.000000722. The maximum atomic E-state index is 6.10. The first-order valence-electron chi connectivity index (χ1n) is 5.49. The van der Waals surface area contributed by atoms with E-state index in [2.05, 4.69) is 23.2 Å². The number of hydrogen-bond acceptors (Lipinski definition) is 2. The summed E-state index contributed by atoms with van der Waals surface area (Å²) in [6.45, 7) is 0. The standard InChI is InChI=1S/C13H14N2.ClH.H2O/c14-11-5-3-7-13-10(11)8-9-4-1-2-6-12(9)15-13;;/h1-2,4,6,8,11H,3,5,7,14H2;1H;1H2. The summed E-state index contributed by atoms with van der Waals surface area (Å²) < 4.78 is 0. The third kappa shape index (κ3) is 2.41. The van der Waals surface area contributed by atoms with Crippen LogP contribution in [0.5, 0.6) is 0 Å². The van der Waals surface area contributed by atoms with Gasteiger partial charge in [0, 0.05) is 17.1 Å². The van der Waals surface area contributed by atoms with Crippen LogP contribution in [0.25, 0.3) is 10.9 Å². The van der Waals surface area contributed by atoms with Gasteiger partial charge in [0.05, 0.1) is 5.52 Å². The van der Waals surface area contributed by atoms with Crippen molar-refractivity contribution in [3.8, 4) is 0 Å².